The van der Waals surface area contributed by atoms with Crippen LogP contribution in [-0.4, -0.2) is 36.7 Å². The van der Waals surface area contributed by atoms with Gasteiger partial charge in [-0.3, -0.25) is 4.40 Å². The van der Waals surface area contributed by atoms with Gasteiger partial charge in [0.2, 0.25) is 0 Å². The minimum atomic E-state index is -0.961. The van der Waals surface area contributed by atoms with Crippen LogP contribution < -0.4 is 0 Å². The predicted molar refractivity (Wildman–Crippen MR) is 73.7 cm³/mol. The highest BCUT2D eigenvalue weighted by Gasteiger charge is 2.19. The Hall–Kier alpha value is -1.56. The van der Waals surface area contributed by atoms with Crippen LogP contribution in [0.1, 0.15) is 35.4 Å². The maximum atomic E-state index is 11.1. The molecule has 3 heterocycles. The largest absolute Gasteiger partial charge is 0.478 e. The normalized spacial score (nSPS) is 19.7. The minimum absolute atomic E-state index is 0.206. The van der Waals surface area contributed by atoms with Crippen LogP contribution in [0, 0.1) is 0 Å². The molecule has 0 amide bonds. The number of rotatable bonds is 3. The summed E-state index contributed by atoms with van der Waals surface area (Å²) in [6, 6.07) is 3.29. The molecule has 1 fully saturated rings. The Balaban J connectivity index is 1.92. The van der Waals surface area contributed by atoms with Gasteiger partial charge in [0.15, 0.2) is 5.65 Å². The molecular formula is C13H15N3O2S. The molecule has 0 radical (unpaired) electrons. The number of hydrogen-bond donors (Lipinski definition) is 1. The van der Waals surface area contributed by atoms with Gasteiger partial charge in [0.05, 0.1) is 0 Å². The monoisotopic (exact) mass is 277 g/mol. The number of hydrogen-bond acceptors (Lipinski definition) is 4. The standard InChI is InChI=1S/C13H15N3O2S/c17-13(18)10-5-3-6-16-11(14-15-12(10)16)8-9-4-1-2-7-19-9/h3,5-6,9H,1-2,4,7-8H2,(H,17,18). The fraction of sp³-hybridized carbons (Fsp3) is 0.462. The Morgan fingerprint density at radius 3 is 3.11 bits per heavy atom. The first kappa shape index (κ1) is 12.5. The molecule has 0 aromatic carbocycles. The molecule has 1 aliphatic heterocycles. The Bertz CT molecular complexity index is 605. The second-order valence-corrected chi connectivity index (χ2v) is 6.14. The van der Waals surface area contributed by atoms with Crippen molar-refractivity contribution in [1.29, 1.82) is 0 Å². The topological polar surface area (TPSA) is 67.5 Å². The van der Waals surface area contributed by atoms with Gasteiger partial charge in [0, 0.05) is 17.9 Å². The van der Waals surface area contributed by atoms with Gasteiger partial charge in [-0.05, 0) is 30.7 Å². The van der Waals surface area contributed by atoms with E-state index in [2.05, 4.69) is 10.2 Å². The van der Waals surface area contributed by atoms with Crippen molar-refractivity contribution in [3.63, 3.8) is 0 Å². The number of carbonyl (C=O) groups is 1. The summed E-state index contributed by atoms with van der Waals surface area (Å²) in [6.07, 6.45) is 6.47. The lowest BCUT2D eigenvalue weighted by atomic mass is 10.1. The number of aromatic nitrogens is 3. The molecule has 1 aliphatic rings. The molecule has 2 aromatic rings. The molecule has 5 nitrogen and oxygen atoms in total. The van der Waals surface area contributed by atoms with Crippen molar-refractivity contribution in [2.45, 2.75) is 30.9 Å². The molecule has 0 spiro atoms. The van der Waals surface area contributed by atoms with Crippen molar-refractivity contribution in [1.82, 2.24) is 14.6 Å². The van der Waals surface area contributed by atoms with Crippen molar-refractivity contribution in [2.24, 2.45) is 0 Å². The first-order valence-electron chi connectivity index (χ1n) is 6.43. The molecule has 2 aromatic heterocycles. The van der Waals surface area contributed by atoms with Crippen LogP contribution in [0.2, 0.25) is 0 Å². The molecule has 0 saturated carbocycles. The van der Waals surface area contributed by atoms with Gasteiger partial charge in [-0.25, -0.2) is 4.79 Å². The summed E-state index contributed by atoms with van der Waals surface area (Å²) in [5.74, 6) is 1.11. The SMILES string of the molecule is O=C(O)c1cccn2c(CC3CCCCS3)nnc12. The summed E-state index contributed by atoms with van der Waals surface area (Å²) in [6.45, 7) is 0. The first-order valence-corrected chi connectivity index (χ1v) is 7.48. The van der Waals surface area contributed by atoms with Gasteiger partial charge < -0.3 is 5.11 Å². The van der Waals surface area contributed by atoms with Gasteiger partial charge in [-0.2, -0.15) is 11.8 Å². The third-order valence-corrected chi connectivity index (χ3v) is 4.82. The fourth-order valence-corrected chi connectivity index (χ4v) is 3.75. The van der Waals surface area contributed by atoms with Crippen LogP contribution in [0.5, 0.6) is 0 Å². The van der Waals surface area contributed by atoms with E-state index >= 15 is 0 Å². The zero-order valence-electron chi connectivity index (χ0n) is 10.5. The van der Waals surface area contributed by atoms with Crippen molar-refractivity contribution < 1.29 is 9.90 Å². The van der Waals surface area contributed by atoms with Crippen LogP contribution in [0.4, 0.5) is 0 Å². The van der Waals surface area contributed by atoms with Gasteiger partial charge in [-0.15, -0.1) is 10.2 Å². The maximum Gasteiger partial charge on any atom is 0.339 e. The average molecular weight is 277 g/mol. The fourth-order valence-electron chi connectivity index (χ4n) is 2.44. The van der Waals surface area contributed by atoms with Crippen LogP contribution in [-0.2, 0) is 6.42 Å². The second-order valence-electron chi connectivity index (χ2n) is 4.73. The number of aromatic carboxylic acids is 1. The number of pyridine rings is 1. The van der Waals surface area contributed by atoms with Gasteiger partial charge >= 0.3 is 5.97 Å². The molecule has 100 valence electrons. The molecule has 0 aliphatic carbocycles. The lowest BCUT2D eigenvalue weighted by Gasteiger charge is -2.20. The summed E-state index contributed by atoms with van der Waals surface area (Å²) in [7, 11) is 0. The highest BCUT2D eigenvalue weighted by molar-refractivity contribution is 7.99. The Morgan fingerprint density at radius 1 is 1.47 bits per heavy atom. The quantitative estimate of drug-likeness (QED) is 0.932. The molecule has 1 N–H and O–H groups in total. The van der Waals surface area contributed by atoms with Crippen molar-refractivity contribution in [2.75, 3.05) is 5.75 Å². The number of thioether (sulfide) groups is 1. The lowest BCUT2D eigenvalue weighted by Crippen LogP contribution is -2.14. The lowest BCUT2D eigenvalue weighted by molar-refractivity contribution is 0.0698. The van der Waals surface area contributed by atoms with Crippen molar-refractivity contribution in [3.8, 4) is 0 Å². The second kappa shape index (κ2) is 5.21. The van der Waals surface area contributed by atoms with Crippen LogP contribution in [0.3, 0.4) is 0 Å². The highest BCUT2D eigenvalue weighted by Crippen LogP contribution is 2.27. The van der Waals surface area contributed by atoms with Gasteiger partial charge in [0.1, 0.15) is 11.4 Å². The number of carboxylic acids is 1. The number of fused-ring (bicyclic) bond motifs is 1. The molecule has 19 heavy (non-hydrogen) atoms. The van der Waals surface area contributed by atoms with Gasteiger partial charge in [0.25, 0.3) is 0 Å². The zero-order chi connectivity index (χ0) is 13.2. The van der Waals surface area contributed by atoms with E-state index in [4.69, 9.17) is 5.11 Å². The third-order valence-electron chi connectivity index (χ3n) is 3.42. The molecule has 1 saturated heterocycles. The van der Waals surface area contributed by atoms with E-state index in [1.807, 2.05) is 18.0 Å². The molecule has 0 bridgehead atoms. The average Bonchev–Trinajstić information content (AvgIpc) is 2.83. The van der Waals surface area contributed by atoms with E-state index in [1.54, 1.807) is 16.5 Å². The molecular weight excluding hydrogens is 262 g/mol. The summed E-state index contributed by atoms with van der Waals surface area (Å²) < 4.78 is 1.80. The minimum Gasteiger partial charge on any atom is -0.478 e. The van der Waals surface area contributed by atoms with Crippen LogP contribution in [0.25, 0.3) is 5.65 Å². The van der Waals surface area contributed by atoms with E-state index < -0.39 is 5.97 Å². The Kier molecular flexibility index (Phi) is 3.42. The van der Waals surface area contributed by atoms with Crippen LogP contribution in [0.15, 0.2) is 18.3 Å². The number of carboxylic acid groups (broad SMARTS) is 1. The van der Waals surface area contributed by atoms with E-state index in [0.29, 0.717) is 10.9 Å². The summed E-state index contributed by atoms with van der Waals surface area (Å²) >= 11 is 1.98. The Labute approximate surface area is 115 Å². The molecule has 1 atom stereocenters. The molecule has 3 rings (SSSR count). The van der Waals surface area contributed by atoms with E-state index in [-0.39, 0.29) is 5.56 Å². The number of nitrogens with zero attached hydrogens (tertiary/aromatic N) is 3. The smallest absolute Gasteiger partial charge is 0.339 e. The predicted octanol–water partition coefficient (Wildman–Crippen LogP) is 2.26. The Morgan fingerprint density at radius 2 is 2.37 bits per heavy atom. The molecule has 6 heteroatoms. The van der Waals surface area contributed by atoms with Crippen molar-refractivity contribution >= 4 is 23.4 Å². The van der Waals surface area contributed by atoms with E-state index in [0.717, 1.165) is 12.2 Å². The van der Waals surface area contributed by atoms with Gasteiger partial charge in [-0.1, -0.05) is 6.42 Å². The summed E-state index contributed by atoms with van der Waals surface area (Å²) in [5, 5.41) is 17.9. The summed E-state index contributed by atoms with van der Waals surface area (Å²) in [4.78, 5) is 11.1. The van der Waals surface area contributed by atoms with Crippen molar-refractivity contribution in [3.05, 3.63) is 29.7 Å². The zero-order valence-corrected chi connectivity index (χ0v) is 11.3. The van der Waals surface area contributed by atoms with Crippen LogP contribution >= 0.6 is 11.8 Å². The maximum absolute atomic E-state index is 11.1. The van der Waals surface area contributed by atoms with E-state index in [9.17, 15) is 4.79 Å². The molecule has 1 unspecified atom stereocenters. The highest BCUT2D eigenvalue weighted by atomic mass is 32.2. The first-order chi connectivity index (χ1) is 9.25. The van der Waals surface area contributed by atoms with E-state index in [1.165, 1.54) is 25.0 Å². The summed E-state index contributed by atoms with van der Waals surface area (Å²) in [5.41, 5.74) is 0.642. The third kappa shape index (κ3) is 2.45.